The number of anilines is 1. The molecule has 6 aromatic rings. The lowest BCUT2D eigenvalue weighted by molar-refractivity contribution is -0.245. The van der Waals surface area contributed by atoms with Crippen molar-refractivity contribution in [3.63, 3.8) is 0 Å². The maximum atomic E-state index is 12.8. The van der Waals surface area contributed by atoms with Crippen molar-refractivity contribution in [2.75, 3.05) is 18.2 Å². The van der Waals surface area contributed by atoms with Gasteiger partial charge < -0.3 is 34.7 Å². The number of hydrogen-bond donors (Lipinski definition) is 3. The summed E-state index contributed by atoms with van der Waals surface area (Å²) in [5.74, 6) is 3.00. The number of amides is 2. The largest absolute Gasteiger partial charge is 0.496 e. The molecule has 54 heavy (non-hydrogen) atoms. The standard InChI is InChI=1S/C45H42N2O6S/c1-50-41-15-5-6-16-43(41)54-30-40-27-42(33-19-17-31(29-48)18-20-33)53-44(52-40)36-12-8-11-35(26-36)34-10-7-9-32(25-34)28-46-45(49)47-37-21-23-39(24-22-37)51-38-13-3-2-4-14-38/h2-26,40,42,44,48H,27-30H2,1H3,(H2,46,47,49). The van der Waals surface area contributed by atoms with E-state index in [0.717, 1.165) is 55.5 Å². The number of aliphatic hydroxyl groups is 1. The Bertz CT molecular complexity index is 2130. The van der Waals surface area contributed by atoms with Gasteiger partial charge in [0.25, 0.3) is 0 Å². The molecule has 8 nitrogen and oxygen atoms in total. The summed E-state index contributed by atoms with van der Waals surface area (Å²) in [6, 6.07) is 48.8. The number of rotatable bonds is 13. The van der Waals surface area contributed by atoms with E-state index in [2.05, 4.69) is 41.0 Å². The molecule has 9 heteroatoms. The van der Waals surface area contributed by atoms with Gasteiger partial charge in [0.2, 0.25) is 0 Å². The van der Waals surface area contributed by atoms with Gasteiger partial charge in [-0.1, -0.05) is 91.0 Å². The van der Waals surface area contributed by atoms with Gasteiger partial charge in [0.15, 0.2) is 6.29 Å². The van der Waals surface area contributed by atoms with E-state index in [0.29, 0.717) is 24.4 Å². The first-order valence-electron chi connectivity index (χ1n) is 17.9. The molecule has 3 N–H and O–H groups in total. The molecule has 6 aromatic carbocycles. The monoisotopic (exact) mass is 738 g/mol. The SMILES string of the molecule is COc1ccccc1SCC1CC(c2ccc(CO)cc2)OC(c2cccc(-c3cccc(CNC(=O)Nc4ccc(Oc5ccccc5)cc4)c3)c2)O1. The second kappa shape index (κ2) is 18.0. The number of urea groups is 1. The first kappa shape index (κ1) is 36.8. The quantitative estimate of drug-likeness (QED) is 0.102. The van der Waals surface area contributed by atoms with Crippen molar-refractivity contribution in [1.29, 1.82) is 0 Å². The minimum Gasteiger partial charge on any atom is -0.496 e. The Kier molecular flexibility index (Phi) is 12.2. The molecule has 0 aliphatic carbocycles. The summed E-state index contributed by atoms with van der Waals surface area (Å²) in [7, 11) is 1.69. The van der Waals surface area contributed by atoms with Crippen molar-refractivity contribution in [2.45, 2.75) is 43.0 Å². The summed E-state index contributed by atoms with van der Waals surface area (Å²) in [4.78, 5) is 13.8. The minimum absolute atomic E-state index is 0.00650. The number of benzene rings is 6. The van der Waals surface area contributed by atoms with E-state index in [9.17, 15) is 9.90 Å². The highest BCUT2D eigenvalue weighted by molar-refractivity contribution is 7.99. The predicted molar refractivity (Wildman–Crippen MR) is 213 cm³/mol. The zero-order valence-electron chi connectivity index (χ0n) is 29.9. The molecule has 1 aliphatic heterocycles. The highest BCUT2D eigenvalue weighted by atomic mass is 32.2. The van der Waals surface area contributed by atoms with Gasteiger partial charge in [-0.25, -0.2) is 4.79 Å². The maximum absolute atomic E-state index is 12.8. The molecule has 1 saturated heterocycles. The first-order valence-corrected chi connectivity index (χ1v) is 18.8. The number of carbonyl (C=O) groups excluding carboxylic acids is 1. The van der Waals surface area contributed by atoms with Gasteiger partial charge in [-0.2, -0.15) is 0 Å². The summed E-state index contributed by atoms with van der Waals surface area (Å²) >= 11 is 1.71. The van der Waals surface area contributed by atoms with Crippen LogP contribution in [0.3, 0.4) is 0 Å². The molecule has 0 bridgehead atoms. The number of ether oxygens (including phenoxy) is 4. The average Bonchev–Trinajstić information content (AvgIpc) is 3.23. The molecule has 3 unspecified atom stereocenters. The van der Waals surface area contributed by atoms with Crippen molar-refractivity contribution < 1.29 is 28.8 Å². The van der Waals surface area contributed by atoms with Crippen molar-refractivity contribution in [2.24, 2.45) is 0 Å². The summed E-state index contributed by atoms with van der Waals surface area (Å²) in [6.07, 6.45) is -0.180. The van der Waals surface area contributed by atoms with E-state index >= 15 is 0 Å². The third-order valence-electron chi connectivity index (χ3n) is 9.07. The van der Waals surface area contributed by atoms with Crippen LogP contribution in [0.5, 0.6) is 17.2 Å². The van der Waals surface area contributed by atoms with Crippen molar-refractivity contribution in [3.8, 4) is 28.4 Å². The van der Waals surface area contributed by atoms with Gasteiger partial charge in [-0.05, 0) is 88.5 Å². The Hall–Kier alpha value is -5.58. The first-order chi connectivity index (χ1) is 26.5. The Balaban J connectivity index is 1.01. The lowest BCUT2D eigenvalue weighted by Gasteiger charge is -2.36. The van der Waals surface area contributed by atoms with E-state index in [1.807, 2.05) is 121 Å². The van der Waals surface area contributed by atoms with Crippen molar-refractivity contribution in [3.05, 3.63) is 174 Å². The molecule has 7 rings (SSSR count). The summed E-state index contributed by atoms with van der Waals surface area (Å²) < 4.78 is 24.7. The molecule has 1 fully saturated rings. The van der Waals surface area contributed by atoms with Gasteiger partial charge in [0.05, 0.1) is 25.9 Å². The van der Waals surface area contributed by atoms with Crippen LogP contribution in [0.4, 0.5) is 10.5 Å². The van der Waals surface area contributed by atoms with E-state index in [-0.39, 0.29) is 24.8 Å². The Morgan fingerprint density at radius 2 is 1.46 bits per heavy atom. The van der Waals surface area contributed by atoms with E-state index in [1.165, 1.54) is 0 Å². The molecular weight excluding hydrogens is 697 g/mol. The Morgan fingerprint density at radius 3 is 2.24 bits per heavy atom. The molecule has 0 spiro atoms. The third-order valence-corrected chi connectivity index (χ3v) is 10.3. The van der Waals surface area contributed by atoms with Gasteiger partial charge >= 0.3 is 6.03 Å². The average molecular weight is 739 g/mol. The van der Waals surface area contributed by atoms with Crippen molar-refractivity contribution >= 4 is 23.5 Å². The minimum atomic E-state index is -0.586. The summed E-state index contributed by atoms with van der Waals surface area (Å²) in [5.41, 5.74) is 6.47. The fourth-order valence-electron chi connectivity index (χ4n) is 6.26. The molecule has 3 atom stereocenters. The van der Waals surface area contributed by atoms with Crippen LogP contribution in [-0.4, -0.2) is 30.1 Å². The van der Waals surface area contributed by atoms with Crippen LogP contribution in [0.1, 0.15) is 41.1 Å². The van der Waals surface area contributed by atoms with Crippen LogP contribution < -0.4 is 20.1 Å². The van der Waals surface area contributed by atoms with Gasteiger partial charge in [-0.15, -0.1) is 11.8 Å². The summed E-state index contributed by atoms with van der Waals surface area (Å²) in [5, 5.41) is 15.4. The second-order valence-corrected chi connectivity index (χ2v) is 13.9. The molecule has 274 valence electrons. The number of carbonyl (C=O) groups is 1. The van der Waals surface area contributed by atoms with Crippen LogP contribution in [0.15, 0.2) is 157 Å². The lowest BCUT2D eigenvalue weighted by Crippen LogP contribution is -2.31. The maximum Gasteiger partial charge on any atom is 0.319 e. The summed E-state index contributed by atoms with van der Waals surface area (Å²) in [6.45, 7) is 0.346. The highest BCUT2D eigenvalue weighted by Crippen LogP contribution is 2.41. The number of hydrogen-bond acceptors (Lipinski definition) is 7. The van der Waals surface area contributed by atoms with Gasteiger partial charge in [0, 0.05) is 34.9 Å². The second-order valence-electron chi connectivity index (χ2n) is 12.9. The molecule has 0 saturated carbocycles. The number of methoxy groups -OCH3 is 1. The molecular formula is C45H42N2O6S. The van der Waals surface area contributed by atoms with Crippen molar-refractivity contribution in [1.82, 2.24) is 5.32 Å². The number of thioether (sulfide) groups is 1. The van der Waals surface area contributed by atoms with Gasteiger partial charge in [0.1, 0.15) is 17.2 Å². The normalized spacial score (nSPS) is 16.7. The highest BCUT2D eigenvalue weighted by Gasteiger charge is 2.32. The topological polar surface area (TPSA) is 98.3 Å². The van der Waals surface area contributed by atoms with Crippen LogP contribution in [0.25, 0.3) is 11.1 Å². The van der Waals surface area contributed by atoms with Gasteiger partial charge in [-0.3, -0.25) is 0 Å². The molecule has 0 radical (unpaired) electrons. The van der Waals surface area contributed by atoms with E-state index < -0.39 is 6.29 Å². The Morgan fingerprint density at radius 1 is 0.741 bits per heavy atom. The van der Waals surface area contributed by atoms with Crippen LogP contribution in [0, 0.1) is 0 Å². The predicted octanol–water partition coefficient (Wildman–Crippen LogP) is 10.3. The van der Waals surface area contributed by atoms with Crippen LogP contribution >= 0.6 is 11.8 Å². The van der Waals surface area contributed by atoms with Crippen LogP contribution in [-0.2, 0) is 22.6 Å². The fraction of sp³-hybridized carbons (Fsp3) is 0.178. The zero-order chi connectivity index (χ0) is 37.1. The third kappa shape index (κ3) is 9.69. The molecule has 2 amide bonds. The number of aliphatic hydroxyl groups excluding tert-OH is 1. The molecule has 1 heterocycles. The fourth-order valence-corrected chi connectivity index (χ4v) is 7.31. The lowest BCUT2D eigenvalue weighted by atomic mass is 9.99. The molecule has 1 aliphatic rings. The number of para-hydroxylation sites is 2. The van der Waals surface area contributed by atoms with E-state index in [4.69, 9.17) is 18.9 Å². The number of nitrogens with one attached hydrogen (secondary N) is 2. The molecule has 0 aromatic heterocycles. The zero-order valence-corrected chi connectivity index (χ0v) is 30.7. The van der Waals surface area contributed by atoms with E-state index in [1.54, 1.807) is 18.9 Å². The smallest absolute Gasteiger partial charge is 0.319 e. The Labute approximate surface area is 320 Å². The van der Waals surface area contributed by atoms with Crippen LogP contribution in [0.2, 0.25) is 0 Å².